The largest absolute Gasteiger partial charge is 0.399 e. The van der Waals surface area contributed by atoms with Crippen LogP contribution in [0.15, 0.2) is 35.4 Å². The first kappa shape index (κ1) is 15.5. The van der Waals surface area contributed by atoms with E-state index in [1.807, 2.05) is 13.8 Å². The Morgan fingerprint density at radius 3 is 2.71 bits per heavy atom. The molecule has 0 amide bonds. The van der Waals surface area contributed by atoms with E-state index in [1.165, 1.54) is 12.1 Å². The number of hydrogen-bond donors (Lipinski definition) is 1. The van der Waals surface area contributed by atoms with Crippen molar-refractivity contribution >= 4 is 15.5 Å². The summed E-state index contributed by atoms with van der Waals surface area (Å²) in [5, 5.41) is 4.23. The van der Waals surface area contributed by atoms with Gasteiger partial charge in [0.1, 0.15) is 10.7 Å². The van der Waals surface area contributed by atoms with E-state index in [0.29, 0.717) is 5.69 Å². The lowest BCUT2D eigenvalue weighted by atomic mass is 10.3. The summed E-state index contributed by atoms with van der Waals surface area (Å²) in [7, 11) is -3.79. The second-order valence-electron chi connectivity index (χ2n) is 4.99. The van der Waals surface area contributed by atoms with Gasteiger partial charge >= 0.3 is 0 Å². The molecule has 1 aromatic heterocycles. The molecule has 1 atom stereocenters. The Hall–Kier alpha value is -1.89. The maximum absolute atomic E-state index is 13.8. The van der Waals surface area contributed by atoms with Crippen LogP contribution in [0.2, 0.25) is 0 Å². The molecule has 2 N–H and O–H groups in total. The summed E-state index contributed by atoms with van der Waals surface area (Å²) in [6.07, 6.45) is 2.62. The van der Waals surface area contributed by atoms with Crippen molar-refractivity contribution < 1.29 is 12.8 Å². The van der Waals surface area contributed by atoms with Crippen molar-refractivity contribution in [1.82, 2.24) is 9.78 Å². The van der Waals surface area contributed by atoms with Crippen LogP contribution in [0.1, 0.15) is 32.0 Å². The Labute approximate surface area is 123 Å². The first-order chi connectivity index (χ1) is 9.83. The number of benzene rings is 1. The number of anilines is 1. The lowest BCUT2D eigenvalue weighted by Crippen LogP contribution is -2.10. The molecule has 1 unspecified atom stereocenters. The van der Waals surface area contributed by atoms with Gasteiger partial charge in [0.15, 0.2) is 9.84 Å². The van der Waals surface area contributed by atoms with Gasteiger partial charge in [0, 0.05) is 17.9 Å². The minimum absolute atomic E-state index is 0.187. The molecule has 0 aliphatic rings. The summed E-state index contributed by atoms with van der Waals surface area (Å²) < 4.78 is 40.0. The van der Waals surface area contributed by atoms with Gasteiger partial charge in [-0.3, -0.25) is 4.68 Å². The van der Waals surface area contributed by atoms with E-state index in [2.05, 4.69) is 5.10 Å². The van der Waals surface area contributed by atoms with Crippen LogP contribution in [-0.2, 0) is 15.6 Å². The maximum atomic E-state index is 13.8. The second kappa shape index (κ2) is 5.85. The van der Waals surface area contributed by atoms with Crippen molar-refractivity contribution in [3.63, 3.8) is 0 Å². The predicted molar refractivity (Wildman–Crippen MR) is 78.9 cm³/mol. The minimum atomic E-state index is -3.79. The van der Waals surface area contributed by atoms with Gasteiger partial charge in [0.05, 0.1) is 11.4 Å². The van der Waals surface area contributed by atoms with E-state index >= 15 is 0 Å². The Morgan fingerprint density at radius 2 is 2.10 bits per heavy atom. The zero-order valence-corrected chi connectivity index (χ0v) is 12.8. The van der Waals surface area contributed by atoms with Crippen LogP contribution < -0.4 is 5.73 Å². The maximum Gasteiger partial charge on any atom is 0.187 e. The van der Waals surface area contributed by atoms with Gasteiger partial charge in [-0.1, -0.05) is 6.92 Å². The van der Waals surface area contributed by atoms with Crippen molar-refractivity contribution in [3.05, 3.63) is 42.0 Å². The quantitative estimate of drug-likeness (QED) is 0.861. The van der Waals surface area contributed by atoms with Crippen LogP contribution in [0.25, 0.3) is 0 Å². The zero-order valence-electron chi connectivity index (χ0n) is 12.0. The van der Waals surface area contributed by atoms with E-state index in [1.54, 1.807) is 16.9 Å². The van der Waals surface area contributed by atoms with E-state index in [9.17, 15) is 12.8 Å². The van der Waals surface area contributed by atoms with Crippen molar-refractivity contribution in [2.45, 2.75) is 37.0 Å². The Morgan fingerprint density at radius 1 is 1.38 bits per heavy atom. The van der Waals surface area contributed by atoms with Crippen molar-refractivity contribution in [3.8, 4) is 0 Å². The van der Waals surface area contributed by atoms with Crippen LogP contribution in [0, 0.1) is 5.82 Å². The number of sulfone groups is 1. The van der Waals surface area contributed by atoms with Gasteiger partial charge in [-0.15, -0.1) is 0 Å². The average molecular weight is 311 g/mol. The molecule has 21 heavy (non-hydrogen) atoms. The molecule has 1 heterocycles. The average Bonchev–Trinajstić information content (AvgIpc) is 2.85. The molecule has 5 nitrogen and oxygen atoms in total. The Kier molecular flexibility index (Phi) is 4.32. The smallest absolute Gasteiger partial charge is 0.187 e. The summed E-state index contributed by atoms with van der Waals surface area (Å²) in [5.41, 5.74) is 6.01. The molecule has 0 saturated carbocycles. The number of rotatable bonds is 5. The number of aromatic nitrogens is 2. The topological polar surface area (TPSA) is 78.0 Å². The SMILES string of the molecule is CCC(C)n1ccc(CS(=O)(=O)c2ccc(N)cc2F)n1. The normalized spacial score (nSPS) is 13.3. The van der Waals surface area contributed by atoms with Crippen LogP contribution in [0.5, 0.6) is 0 Å². The highest BCUT2D eigenvalue weighted by Gasteiger charge is 2.21. The Balaban J connectivity index is 2.27. The second-order valence-corrected chi connectivity index (χ2v) is 6.95. The third-order valence-electron chi connectivity index (χ3n) is 3.33. The summed E-state index contributed by atoms with van der Waals surface area (Å²) in [6.45, 7) is 4.01. The monoisotopic (exact) mass is 311 g/mol. The standard InChI is InChI=1S/C14H18FN3O2S/c1-3-10(2)18-7-6-12(17-18)9-21(19,20)14-5-4-11(16)8-13(14)15/h4-8,10H,3,9,16H2,1-2H3. The highest BCUT2D eigenvalue weighted by Crippen LogP contribution is 2.21. The van der Waals surface area contributed by atoms with E-state index in [4.69, 9.17) is 5.73 Å². The van der Waals surface area contributed by atoms with Gasteiger partial charge in [0.25, 0.3) is 0 Å². The van der Waals surface area contributed by atoms with Crippen LogP contribution in [0.4, 0.5) is 10.1 Å². The molecule has 0 spiro atoms. The van der Waals surface area contributed by atoms with E-state index < -0.39 is 15.7 Å². The first-order valence-electron chi connectivity index (χ1n) is 6.65. The summed E-state index contributed by atoms with van der Waals surface area (Å²) >= 11 is 0. The number of nitrogens with zero attached hydrogens (tertiary/aromatic N) is 2. The molecule has 0 aliphatic carbocycles. The lowest BCUT2D eigenvalue weighted by molar-refractivity contribution is 0.474. The highest BCUT2D eigenvalue weighted by molar-refractivity contribution is 7.90. The third kappa shape index (κ3) is 3.41. The molecule has 0 aliphatic heterocycles. The molecule has 114 valence electrons. The third-order valence-corrected chi connectivity index (χ3v) is 5.01. The molecular formula is C14H18FN3O2S. The molecule has 1 aromatic carbocycles. The predicted octanol–water partition coefficient (Wildman–Crippen LogP) is 2.55. The molecule has 2 aromatic rings. The minimum Gasteiger partial charge on any atom is -0.399 e. The molecule has 2 rings (SSSR count). The zero-order chi connectivity index (χ0) is 15.6. The van der Waals surface area contributed by atoms with Crippen LogP contribution >= 0.6 is 0 Å². The lowest BCUT2D eigenvalue weighted by Gasteiger charge is -2.08. The van der Waals surface area contributed by atoms with E-state index in [-0.39, 0.29) is 22.4 Å². The molecular weight excluding hydrogens is 293 g/mol. The Bertz CT molecular complexity index is 740. The van der Waals surface area contributed by atoms with Gasteiger partial charge in [-0.2, -0.15) is 5.10 Å². The number of nitrogen functional groups attached to an aromatic ring is 1. The summed E-state index contributed by atoms with van der Waals surface area (Å²) in [5.74, 6) is -1.17. The van der Waals surface area contributed by atoms with Crippen molar-refractivity contribution in [2.75, 3.05) is 5.73 Å². The van der Waals surface area contributed by atoms with Gasteiger partial charge in [-0.05, 0) is 37.6 Å². The fourth-order valence-electron chi connectivity index (χ4n) is 1.93. The van der Waals surface area contributed by atoms with Crippen LogP contribution in [-0.4, -0.2) is 18.2 Å². The van der Waals surface area contributed by atoms with Gasteiger partial charge < -0.3 is 5.73 Å². The van der Waals surface area contributed by atoms with Gasteiger partial charge in [0.2, 0.25) is 0 Å². The number of halogens is 1. The molecule has 0 fully saturated rings. The molecule has 0 bridgehead atoms. The summed E-state index contributed by atoms with van der Waals surface area (Å²) in [6, 6.07) is 5.39. The van der Waals surface area contributed by atoms with Crippen molar-refractivity contribution in [1.29, 1.82) is 0 Å². The highest BCUT2D eigenvalue weighted by atomic mass is 32.2. The summed E-state index contributed by atoms with van der Waals surface area (Å²) in [4.78, 5) is -0.352. The molecule has 0 radical (unpaired) electrons. The van der Waals surface area contributed by atoms with Gasteiger partial charge in [-0.25, -0.2) is 12.8 Å². The number of nitrogens with two attached hydrogens (primary N) is 1. The molecule has 7 heteroatoms. The molecule has 0 saturated heterocycles. The first-order valence-corrected chi connectivity index (χ1v) is 8.30. The number of hydrogen-bond acceptors (Lipinski definition) is 4. The van der Waals surface area contributed by atoms with Crippen LogP contribution in [0.3, 0.4) is 0 Å². The van der Waals surface area contributed by atoms with E-state index in [0.717, 1.165) is 12.5 Å². The van der Waals surface area contributed by atoms with Crippen molar-refractivity contribution in [2.24, 2.45) is 0 Å². The fraction of sp³-hybridized carbons (Fsp3) is 0.357. The fourth-order valence-corrected chi connectivity index (χ4v) is 3.26.